The minimum absolute atomic E-state index is 0.142. The molecular weight excluding hydrogens is 398 g/mol. The van der Waals surface area contributed by atoms with Gasteiger partial charge in [-0.2, -0.15) is 4.72 Å². The van der Waals surface area contributed by atoms with Crippen LogP contribution in [0, 0.1) is 0 Å². The average molecular weight is 422 g/mol. The monoisotopic (exact) mass is 421 g/mol. The minimum atomic E-state index is -3.60. The Kier molecular flexibility index (Phi) is 5.83. The third-order valence-corrected chi connectivity index (χ3v) is 6.51. The van der Waals surface area contributed by atoms with Gasteiger partial charge in [0.2, 0.25) is 10.0 Å². The Labute approximate surface area is 176 Å². The maximum atomic E-state index is 12.5. The molecular formula is C23H23N3O3S. The first-order valence-corrected chi connectivity index (χ1v) is 11.3. The number of aryl methyl sites for hydroxylation is 1. The van der Waals surface area contributed by atoms with Gasteiger partial charge in [-0.15, -0.1) is 0 Å². The predicted molar refractivity (Wildman–Crippen MR) is 117 cm³/mol. The Morgan fingerprint density at radius 2 is 1.60 bits per heavy atom. The van der Waals surface area contributed by atoms with Crippen molar-refractivity contribution in [1.82, 2.24) is 10.0 Å². The maximum Gasteiger partial charge on any atom is 0.251 e. The van der Waals surface area contributed by atoms with E-state index in [0.717, 1.165) is 18.4 Å². The van der Waals surface area contributed by atoms with Gasteiger partial charge in [0.1, 0.15) is 11.1 Å². The lowest BCUT2D eigenvalue weighted by molar-refractivity contribution is 0.0953. The highest BCUT2D eigenvalue weighted by molar-refractivity contribution is 7.89. The number of carbonyl (C=O) groups excluding carboxylic acids is 1. The summed E-state index contributed by atoms with van der Waals surface area (Å²) in [4.78, 5) is 12.6. The molecule has 4 rings (SSSR count). The van der Waals surface area contributed by atoms with Crippen molar-refractivity contribution in [3.8, 4) is 0 Å². The number of para-hydroxylation sites is 1. The number of fused-ring (bicyclic) bond motifs is 1. The van der Waals surface area contributed by atoms with Crippen LogP contribution in [0.5, 0.6) is 0 Å². The highest BCUT2D eigenvalue weighted by atomic mass is 32.2. The van der Waals surface area contributed by atoms with Crippen LogP contribution in [0.25, 0.3) is 0 Å². The van der Waals surface area contributed by atoms with E-state index in [9.17, 15) is 13.2 Å². The summed E-state index contributed by atoms with van der Waals surface area (Å²) in [5.74, 6) is -0.142. The third kappa shape index (κ3) is 4.53. The van der Waals surface area contributed by atoms with E-state index in [1.807, 2.05) is 18.2 Å². The molecule has 0 saturated heterocycles. The van der Waals surface area contributed by atoms with E-state index in [0.29, 0.717) is 17.8 Å². The van der Waals surface area contributed by atoms with E-state index in [2.05, 4.69) is 27.5 Å². The largest absolute Gasteiger partial charge is 0.364 e. The number of amides is 1. The van der Waals surface area contributed by atoms with Crippen molar-refractivity contribution in [1.29, 1.82) is 0 Å². The summed E-state index contributed by atoms with van der Waals surface area (Å²) >= 11 is 0. The van der Waals surface area contributed by atoms with Crippen molar-refractivity contribution >= 4 is 21.6 Å². The van der Waals surface area contributed by atoms with Crippen molar-refractivity contribution in [2.75, 3.05) is 11.9 Å². The second kappa shape index (κ2) is 8.69. The first-order valence-electron chi connectivity index (χ1n) is 9.83. The Balaban J connectivity index is 1.35. The minimum Gasteiger partial charge on any atom is -0.364 e. The van der Waals surface area contributed by atoms with E-state index in [1.165, 1.54) is 5.56 Å². The number of sulfonamides is 1. The van der Waals surface area contributed by atoms with Gasteiger partial charge in [0, 0.05) is 12.1 Å². The Hall–Kier alpha value is -3.16. The van der Waals surface area contributed by atoms with Gasteiger partial charge in [0.15, 0.2) is 0 Å². The number of nitrogens with one attached hydrogen (secondary N) is 3. The zero-order valence-corrected chi connectivity index (χ0v) is 17.2. The van der Waals surface area contributed by atoms with Gasteiger partial charge in [-0.3, -0.25) is 4.79 Å². The Morgan fingerprint density at radius 1 is 0.900 bits per heavy atom. The Morgan fingerprint density at radius 3 is 2.37 bits per heavy atom. The zero-order chi connectivity index (χ0) is 21.0. The van der Waals surface area contributed by atoms with Gasteiger partial charge in [-0.05, 0) is 48.2 Å². The van der Waals surface area contributed by atoms with Gasteiger partial charge >= 0.3 is 0 Å². The van der Waals surface area contributed by atoms with Crippen molar-refractivity contribution in [2.24, 2.45) is 0 Å². The molecule has 1 amide bonds. The second-order valence-corrected chi connectivity index (χ2v) is 8.84. The molecule has 1 heterocycles. The average Bonchev–Trinajstić information content (AvgIpc) is 2.77. The second-order valence-electron chi connectivity index (χ2n) is 7.16. The topological polar surface area (TPSA) is 87.3 Å². The molecule has 6 nitrogen and oxygen atoms in total. The molecule has 0 unspecified atom stereocenters. The fraction of sp³-hybridized carbons (Fsp3) is 0.174. The number of benzene rings is 3. The number of hydrogen-bond acceptors (Lipinski definition) is 4. The van der Waals surface area contributed by atoms with Crippen LogP contribution in [0.2, 0.25) is 0 Å². The van der Waals surface area contributed by atoms with E-state index in [4.69, 9.17) is 0 Å². The van der Waals surface area contributed by atoms with Crippen LogP contribution in [-0.2, 0) is 16.4 Å². The summed E-state index contributed by atoms with van der Waals surface area (Å²) in [6.07, 6.45) is 1.18. The molecule has 0 aliphatic carbocycles. The summed E-state index contributed by atoms with van der Waals surface area (Å²) < 4.78 is 27.6. The molecule has 0 aromatic heterocycles. The highest BCUT2D eigenvalue weighted by Crippen LogP contribution is 2.30. The summed E-state index contributed by atoms with van der Waals surface area (Å²) in [6.45, 7) is 0.593. The van der Waals surface area contributed by atoms with Crippen LogP contribution in [0.15, 0.2) is 83.8 Å². The van der Waals surface area contributed by atoms with E-state index < -0.39 is 16.2 Å². The quantitative estimate of drug-likeness (QED) is 0.532. The van der Waals surface area contributed by atoms with Crippen LogP contribution >= 0.6 is 0 Å². The van der Waals surface area contributed by atoms with Gasteiger partial charge in [-0.1, -0.05) is 54.6 Å². The first-order chi connectivity index (χ1) is 14.5. The predicted octanol–water partition coefficient (Wildman–Crippen LogP) is 3.45. The molecule has 154 valence electrons. The lowest BCUT2D eigenvalue weighted by Crippen LogP contribution is -2.38. The van der Waals surface area contributed by atoms with Crippen LogP contribution < -0.4 is 15.4 Å². The molecule has 3 aromatic carbocycles. The lowest BCUT2D eigenvalue weighted by atomic mass is 10.1. The number of hydrogen-bond donors (Lipinski definition) is 3. The highest BCUT2D eigenvalue weighted by Gasteiger charge is 2.29. The molecule has 0 saturated carbocycles. The van der Waals surface area contributed by atoms with Gasteiger partial charge < -0.3 is 10.6 Å². The molecule has 3 N–H and O–H groups in total. The normalized spacial score (nSPS) is 16.9. The molecule has 0 fully saturated rings. The molecule has 7 heteroatoms. The summed E-state index contributed by atoms with van der Waals surface area (Å²) in [6, 6.07) is 23.9. The number of carbonyl (C=O) groups is 1. The maximum absolute atomic E-state index is 12.5. The zero-order valence-electron chi connectivity index (χ0n) is 16.3. The molecule has 30 heavy (non-hydrogen) atoms. The lowest BCUT2D eigenvalue weighted by Gasteiger charge is -2.28. The molecule has 1 aliphatic rings. The standard InChI is InChI=1S/C23H23N3O3S/c27-23(24-16-6-9-17-7-2-1-3-8-17)19-14-12-18(13-15-19)22-25-20-10-4-5-11-21(20)30(28,29)26-22/h1-5,7-8,10-15,22,25-26H,6,9,16H2,(H,24,27)/t22-/m1/s1. The van der Waals surface area contributed by atoms with Gasteiger partial charge in [0.25, 0.3) is 5.91 Å². The molecule has 0 bridgehead atoms. The van der Waals surface area contributed by atoms with E-state index in [-0.39, 0.29) is 10.8 Å². The SMILES string of the molecule is O=C(NCCCc1ccccc1)c1ccc([C@@H]2Nc3ccccc3S(=O)(=O)N2)cc1. The van der Waals surface area contributed by atoms with E-state index in [1.54, 1.807) is 48.5 Å². The summed E-state index contributed by atoms with van der Waals surface area (Å²) in [5, 5.41) is 6.11. The molecule has 3 aromatic rings. The first kappa shape index (κ1) is 20.1. The summed E-state index contributed by atoms with van der Waals surface area (Å²) in [5.41, 5.74) is 3.08. The molecule has 1 aliphatic heterocycles. The van der Waals surface area contributed by atoms with Crippen molar-refractivity contribution in [3.05, 3.63) is 95.6 Å². The van der Waals surface area contributed by atoms with Crippen molar-refractivity contribution < 1.29 is 13.2 Å². The fourth-order valence-corrected chi connectivity index (χ4v) is 4.75. The molecule has 1 atom stereocenters. The summed E-state index contributed by atoms with van der Waals surface area (Å²) in [7, 11) is -3.60. The van der Waals surface area contributed by atoms with Gasteiger partial charge in [0.05, 0.1) is 5.69 Å². The van der Waals surface area contributed by atoms with Crippen LogP contribution in [0.3, 0.4) is 0 Å². The third-order valence-electron chi connectivity index (χ3n) is 5.03. The molecule has 0 spiro atoms. The number of anilines is 1. The Bertz CT molecular complexity index is 1130. The van der Waals surface area contributed by atoms with Crippen LogP contribution in [0.4, 0.5) is 5.69 Å². The van der Waals surface area contributed by atoms with Gasteiger partial charge in [-0.25, -0.2) is 8.42 Å². The smallest absolute Gasteiger partial charge is 0.251 e. The van der Waals surface area contributed by atoms with Crippen LogP contribution in [0.1, 0.15) is 34.1 Å². The van der Waals surface area contributed by atoms with Crippen molar-refractivity contribution in [3.63, 3.8) is 0 Å². The number of rotatable bonds is 6. The van der Waals surface area contributed by atoms with Crippen LogP contribution in [-0.4, -0.2) is 20.9 Å². The van der Waals surface area contributed by atoms with E-state index >= 15 is 0 Å². The molecule has 0 radical (unpaired) electrons. The van der Waals surface area contributed by atoms with Crippen molar-refractivity contribution in [2.45, 2.75) is 23.9 Å². The fourth-order valence-electron chi connectivity index (χ4n) is 3.44.